The number of imide groups is 1. The molecule has 0 unspecified atom stereocenters. The predicted octanol–water partition coefficient (Wildman–Crippen LogP) is 4.68. The number of nitrogens with zero attached hydrogens (tertiary/aromatic N) is 2. The maximum atomic E-state index is 13.2. The third-order valence-corrected chi connectivity index (χ3v) is 5.86. The van der Waals surface area contributed by atoms with Gasteiger partial charge in [0.1, 0.15) is 11.4 Å². The molecule has 1 fully saturated rings. The summed E-state index contributed by atoms with van der Waals surface area (Å²) >= 11 is 0. The Balaban J connectivity index is 1.64. The van der Waals surface area contributed by atoms with E-state index in [0.29, 0.717) is 23.4 Å². The van der Waals surface area contributed by atoms with E-state index < -0.39 is 0 Å². The lowest BCUT2D eigenvalue weighted by Crippen LogP contribution is -2.38. The number of benzene rings is 2. The lowest BCUT2D eigenvalue weighted by atomic mass is 10.0. The first-order valence-corrected chi connectivity index (χ1v) is 11.5. The Kier molecular flexibility index (Phi) is 6.49. The molecule has 0 atom stereocenters. The first-order chi connectivity index (χ1) is 15.5. The van der Waals surface area contributed by atoms with Gasteiger partial charge in [0.25, 0.3) is 11.8 Å². The van der Waals surface area contributed by atoms with Crippen LogP contribution in [0.25, 0.3) is 5.57 Å². The second-order valence-corrected chi connectivity index (χ2v) is 8.56. The van der Waals surface area contributed by atoms with Crippen LogP contribution < -0.4 is 15.0 Å². The highest BCUT2D eigenvalue weighted by atomic mass is 16.5. The monoisotopic (exact) mass is 433 g/mol. The van der Waals surface area contributed by atoms with Gasteiger partial charge >= 0.3 is 0 Å². The first kappa shape index (κ1) is 21.9. The zero-order valence-electron chi connectivity index (χ0n) is 19.1. The van der Waals surface area contributed by atoms with Gasteiger partial charge in [-0.3, -0.25) is 14.5 Å². The largest absolute Gasteiger partial charge is 0.494 e. The number of carbonyl (C=O) groups is 2. The van der Waals surface area contributed by atoms with Crippen LogP contribution in [-0.2, 0) is 9.59 Å². The van der Waals surface area contributed by atoms with Gasteiger partial charge in [-0.15, -0.1) is 0 Å². The topological polar surface area (TPSA) is 61.9 Å². The molecule has 32 heavy (non-hydrogen) atoms. The van der Waals surface area contributed by atoms with Crippen LogP contribution in [0.5, 0.6) is 5.75 Å². The molecule has 0 radical (unpaired) electrons. The van der Waals surface area contributed by atoms with E-state index in [9.17, 15) is 9.59 Å². The Labute approximate surface area is 189 Å². The Morgan fingerprint density at radius 1 is 0.938 bits per heavy atom. The summed E-state index contributed by atoms with van der Waals surface area (Å²) in [6.45, 7) is 8.55. The number of anilines is 2. The van der Waals surface area contributed by atoms with E-state index in [0.717, 1.165) is 30.9 Å². The Morgan fingerprint density at radius 2 is 1.59 bits per heavy atom. The summed E-state index contributed by atoms with van der Waals surface area (Å²) in [5, 5.41) is 3.24. The zero-order valence-corrected chi connectivity index (χ0v) is 19.1. The number of ether oxygens (including phenoxy) is 1. The molecule has 2 aromatic carbocycles. The summed E-state index contributed by atoms with van der Waals surface area (Å²) in [7, 11) is 0. The summed E-state index contributed by atoms with van der Waals surface area (Å²) in [5.41, 5.74) is 3.39. The first-order valence-electron chi connectivity index (χ1n) is 11.5. The lowest BCUT2D eigenvalue weighted by Gasteiger charge is -2.20. The van der Waals surface area contributed by atoms with Crippen molar-refractivity contribution < 1.29 is 14.3 Å². The second kappa shape index (κ2) is 9.47. The number of hydrogen-bond acceptors (Lipinski definition) is 5. The fourth-order valence-corrected chi connectivity index (χ4v) is 4.21. The molecule has 0 spiro atoms. The molecule has 168 valence electrons. The number of carbonyl (C=O) groups excluding carboxylic acids is 2. The summed E-state index contributed by atoms with van der Waals surface area (Å²) in [6, 6.07) is 15.2. The Bertz CT molecular complexity index is 1000. The fraction of sp³-hybridized carbons (Fsp3) is 0.385. The summed E-state index contributed by atoms with van der Waals surface area (Å²) in [5.74, 6) is 0.180. The highest BCUT2D eigenvalue weighted by Crippen LogP contribution is 2.33. The third-order valence-electron chi connectivity index (χ3n) is 5.86. The highest BCUT2D eigenvalue weighted by molar-refractivity contribution is 6.36. The Morgan fingerprint density at radius 3 is 2.19 bits per heavy atom. The molecule has 6 nitrogen and oxygen atoms in total. The summed E-state index contributed by atoms with van der Waals surface area (Å²) in [6.07, 6.45) is 3.37. The van der Waals surface area contributed by atoms with Gasteiger partial charge in [0.05, 0.1) is 12.2 Å². The van der Waals surface area contributed by atoms with Gasteiger partial charge in [0.15, 0.2) is 0 Å². The van der Waals surface area contributed by atoms with E-state index in [4.69, 9.17) is 4.74 Å². The molecule has 0 aliphatic carbocycles. The van der Waals surface area contributed by atoms with Crippen molar-refractivity contribution in [2.24, 2.45) is 0 Å². The van der Waals surface area contributed by atoms with Gasteiger partial charge in [-0.25, -0.2) is 0 Å². The van der Waals surface area contributed by atoms with Crippen LogP contribution in [-0.4, -0.2) is 42.5 Å². The molecule has 4 rings (SSSR count). The van der Waals surface area contributed by atoms with Gasteiger partial charge < -0.3 is 15.0 Å². The van der Waals surface area contributed by atoms with Crippen molar-refractivity contribution in [1.82, 2.24) is 4.90 Å². The van der Waals surface area contributed by atoms with E-state index in [1.165, 1.54) is 23.4 Å². The van der Waals surface area contributed by atoms with Crippen LogP contribution in [0, 0.1) is 0 Å². The molecule has 2 amide bonds. The van der Waals surface area contributed by atoms with E-state index in [2.05, 4.69) is 29.3 Å². The molecule has 0 saturated carbocycles. The van der Waals surface area contributed by atoms with Crippen molar-refractivity contribution in [3.05, 3.63) is 59.8 Å². The molecule has 2 aliphatic heterocycles. The summed E-state index contributed by atoms with van der Waals surface area (Å²) < 4.78 is 5.66. The van der Waals surface area contributed by atoms with Crippen LogP contribution in [0.15, 0.2) is 54.2 Å². The van der Waals surface area contributed by atoms with Crippen molar-refractivity contribution in [3.8, 4) is 5.75 Å². The molecular weight excluding hydrogens is 402 g/mol. The summed E-state index contributed by atoms with van der Waals surface area (Å²) in [4.78, 5) is 30.1. The van der Waals surface area contributed by atoms with Crippen LogP contribution in [0.1, 0.15) is 45.6 Å². The van der Waals surface area contributed by atoms with Crippen molar-refractivity contribution >= 4 is 28.8 Å². The second-order valence-electron chi connectivity index (χ2n) is 8.56. The van der Waals surface area contributed by atoms with Gasteiger partial charge in [-0.1, -0.05) is 19.1 Å². The van der Waals surface area contributed by atoms with Crippen molar-refractivity contribution in [1.29, 1.82) is 0 Å². The Hall–Kier alpha value is -3.28. The van der Waals surface area contributed by atoms with E-state index >= 15 is 0 Å². The van der Waals surface area contributed by atoms with Crippen molar-refractivity contribution in [2.45, 2.75) is 46.1 Å². The molecule has 2 heterocycles. The fourth-order valence-electron chi connectivity index (χ4n) is 4.21. The number of amides is 2. The lowest BCUT2D eigenvalue weighted by molar-refractivity contribution is -0.138. The highest BCUT2D eigenvalue weighted by Gasteiger charge is 2.40. The zero-order chi connectivity index (χ0) is 22.7. The molecular formula is C26H31N3O3. The maximum absolute atomic E-state index is 13.2. The molecule has 0 aromatic heterocycles. The number of nitrogens with one attached hydrogen (secondary N) is 1. The average Bonchev–Trinajstić information content (AvgIpc) is 3.40. The molecule has 1 N–H and O–H groups in total. The van der Waals surface area contributed by atoms with Gasteiger partial charge in [-0.05, 0) is 75.1 Å². The number of hydrogen-bond donors (Lipinski definition) is 1. The van der Waals surface area contributed by atoms with E-state index in [1.54, 1.807) is 0 Å². The molecule has 0 bridgehead atoms. The van der Waals surface area contributed by atoms with Crippen molar-refractivity contribution in [2.75, 3.05) is 29.9 Å². The molecule has 2 aliphatic rings. The molecule has 6 heteroatoms. The quantitative estimate of drug-likeness (QED) is 0.613. The van der Waals surface area contributed by atoms with Crippen molar-refractivity contribution in [3.63, 3.8) is 0 Å². The third kappa shape index (κ3) is 4.35. The van der Waals surface area contributed by atoms with Crippen LogP contribution in [0.2, 0.25) is 0 Å². The minimum Gasteiger partial charge on any atom is -0.494 e. The average molecular weight is 434 g/mol. The van der Waals surface area contributed by atoms with Gasteiger partial charge in [0.2, 0.25) is 0 Å². The standard InChI is InChI=1S/C26H31N3O3/c1-4-17-32-22-13-7-19(8-14-22)23-24(26(31)29(18(2)3)25(23)30)27-20-9-11-21(12-10-20)28-15-5-6-16-28/h7-14,18,27H,4-6,15-17H2,1-3H3. The van der Waals surface area contributed by atoms with Gasteiger partial charge in [0, 0.05) is 30.5 Å². The number of rotatable bonds is 8. The smallest absolute Gasteiger partial charge is 0.278 e. The molecule has 1 saturated heterocycles. The normalized spacial score (nSPS) is 16.5. The maximum Gasteiger partial charge on any atom is 0.278 e. The minimum atomic E-state index is -0.296. The van der Waals surface area contributed by atoms with E-state index in [1.807, 2.05) is 50.2 Å². The SMILES string of the molecule is CCCOc1ccc(C2=C(Nc3ccc(N4CCCC4)cc3)C(=O)N(C(C)C)C2=O)cc1. The minimum absolute atomic E-state index is 0.228. The molecule has 2 aromatic rings. The van der Waals surface area contributed by atoms with Gasteiger partial charge in [-0.2, -0.15) is 0 Å². The van der Waals surface area contributed by atoms with E-state index in [-0.39, 0.29) is 17.9 Å². The van der Waals surface area contributed by atoms with Crippen LogP contribution in [0.4, 0.5) is 11.4 Å². The van der Waals surface area contributed by atoms with Crippen LogP contribution >= 0.6 is 0 Å². The predicted molar refractivity (Wildman–Crippen MR) is 128 cm³/mol. The van der Waals surface area contributed by atoms with Crippen LogP contribution in [0.3, 0.4) is 0 Å².